The van der Waals surface area contributed by atoms with Crippen LogP contribution in [0.5, 0.6) is 0 Å². The molecule has 0 fully saturated rings. The van der Waals surface area contributed by atoms with Crippen LogP contribution in [0.4, 0.5) is 4.39 Å². The van der Waals surface area contributed by atoms with Crippen molar-refractivity contribution in [1.29, 1.82) is 0 Å². The van der Waals surface area contributed by atoms with Gasteiger partial charge in [-0.3, -0.25) is 0 Å². The van der Waals surface area contributed by atoms with Gasteiger partial charge >= 0.3 is 0 Å². The van der Waals surface area contributed by atoms with Crippen molar-refractivity contribution < 1.29 is 4.39 Å². The third kappa shape index (κ3) is 3.03. The minimum atomic E-state index is -0.445. The molecule has 0 saturated carbocycles. The van der Waals surface area contributed by atoms with Crippen LogP contribution < -0.4 is 5.32 Å². The van der Waals surface area contributed by atoms with E-state index in [2.05, 4.69) is 5.32 Å². The zero-order valence-electron chi connectivity index (χ0n) is 10.1. The van der Waals surface area contributed by atoms with E-state index in [0.29, 0.717) is 15.6 Å². The summed E-state index contributed by atoms with van der Waals surface area (Å²) in [5, 5.41) is 4.13. The number of nitrogens with one attached hydrogen (secondary N) is 1. The highest BCUT2D eigenvalue weighted by Gasteiger charge is 2.18. The Morgan fingerprint density at radius 1 is 1.05 bits per heavy atom. The molecule has 1 atom stereocenters. The van der Waals surface area contributed by atoms with Gasteiger partial charge in [0.2, 0.25) is 0 Å². The molecule has 19 heavy (non-hydrogen) atoms. The minimum Gasteiger partial charge on any atom is -0.309 e. The van der Waals surface area contributed by atoms with Crippen LogP contribution in [0.15, 0.2) is 36.4 Å². The summed E-state index contributed by atoms with van der Waals surface area (Å²) in [4.78, 5) is 0. The quantitative estimate of drug-likeness (QED) is 0.830. The molecule has 0 spiro atoms. The molecule has 0 aliphatic heterocycles. The summed E-state index contributed by atoms with van der Waals surface area (Å²) < 4.78 is 13.5. The standard InChI is InChI=1S/C14H11Cl3FN/c1-19-14(8-5-6-10(15)11(16)7-8)9-3-2-4-12(18)13(9)17/h2-7,14,19H,1H3. The maximum atomic E-state index is 13.5. The molecule has 0 bridgehead atoms. The van der Waals surface area contributed by atoms with E-state index in [9.17, 15) is 4.39 Å². The predicted octanol–water partition coefficient (Wildman–Crippen LogP) is 5.09. The Kier molecular flexibility index (Phi) is 4.69. The summed E-state index contributed by atoms with van der Waals surface area (Å²) in [6.07, 6.45) is 0. The van der Waals surface area contributed by atoms with Gasteiger partial charge < -0.3 is 5.32 Å². The van der Waals surface area contributed by atoms with Crippen LogP contribution in [0.2, 0.25) is 15.1 Å². The van der Waals surface area contributed by atoms with Crippen molar-refractivity contribution in [1.82, 2.24) is 5.32 Å². The Balaban J connectivity index is 2.50. The Labute approximate surface area is 126 Å². The average molecular weight is 319 g/mol. The Morgan fingerprint density at radius 3 is 2.42 bits per heavy atom. The lowest BCUT2D eigenvalue weighted by molar-refractivity contribution is 0.617. The van der Waals surface area contributed by atoms with Gasteiger partial charge in [0.05, 0.1) is 21.1 Å². The van der Waals surface area contributed by atoms with Gasteiger partial charge in [-0.15, -0.1) is 0 Å². The van der Waals surface area contributed by atoms with Crippen LogP contribution in [0.25, 0.3) is 0 Å². The second kappa shape index (κ2) is 6.10. The summed E-state index contributed by atoms with van der Waals surface area (Å²) in [5.74, 6) is -0.445. The van der Waals surface area contributed by atoms with E-state index in [1.165, 1.54) is 6.07 Å². The molecule has 100 valence electrons. The highest BCUT2D eigenvalue weighted by Crippen LogP contribution is 2.32. The van der Waals surface area contributed by atoms with Crippen molar-refractivity contribution in [3.8, 4) is 0 Å². The van der Waals surface area contributed by atoms with Crippen LogP contribution in [-0.2, 0) is 0 Å². The molecular weight excluding hydrogens is 308 g/mol. The first-order chi connectivity index (χ1) is 9.04. The molecule has 1 unspecified atom stereocenters. The molecule has 1 nitrogen and oxygen atoms in total. The molecule has 5 heteroatoms. The molecule has 2 rings (SSSR count). The largest absolute Gasteiger partial charge is 0.309 e. The second-order valence-corrected chi connectivity index (χ2v) is 5.23. The van der Waals surface area contributed by atoms with Crippen LogP contribution in [0, 0.1) is 5.82 Å². The van der Waals surface area contributed by atoms with Crippen LogP contribution in [0.1, 0.15) is 17.2 Å². The summed E-state index contributed by atoms with van der Waals surface area (Å²) in [5.41, 5.74) is 1.52. The summed E-state index contributed by atoms with van der Waals surface area (Å²) >= 11 is 17.9. The highest BCUT2D eigenvalue weighted by molar-refractivity contribution is 6.42. The summed E-state index contributed by atoms with van der Waals surface area (Å²) in [6.45, 7) is 0. The van der Waals surface area contributed by atoms with Gasteiger partial charge in [-0.2, -0.15) is 0 Å². The van der Waals surface area contributed by atoms with Crippen molar-refractivity contribution in [3.63, 3.8) is 0 Å². The van der Waals surface area contributed by atoms with Gasteiger partial charge in [0.25, 0.3) is 0 Å². The van der Waals surface area contributed by atoms with Gasteiger partial charge in [0.15, 0.2) is 0 Å². The molecule has 0 saturated heterocycles. The highest BCUT2D eigenvalue weighted by atomic mass is 35.5. The number of rotatable bonds is 3. The number of hydrogen-bond acceptors (Lipinski definition) is 1. The molecule has 2 aromatic carbocycles. The predicted molar refractivity (Wildman–Crippen MR) is 78.8 cm³/mol. The van der Waals surface area contributed by atoms with Gasteiger partial charge in [-0.05, 0) is 36.4 Å². The summed E-state index contributed by atoms with van der Waals surface area (Å²) in [7, 11) is 1.77. The van der Waals surface area contributed by atoms with E-state index in [1.54, 1.807) is 31.3 Å². The van der Waals surface area contributed by atoms with Gasteiger partial charge in [0, 0.05) is 0 Å². The Morgan fingerprint density at radius 2 is 1.79 bits per heavy atom. The van der Waals surface area contributed by atoms with E-state index in [-0.39, 0.29) is 11.1 Å². The van der Waals surface area contributed by atoms with E-state index in [1.807, 2.05) is 6.07 Å². The molecule has 0 aromatic heterocycles. The molecule has 0 amide bonds. The third-order valence-electron chi connectivity index (χ3n) is 2.86. The van der Waals surface area contributed by atoms with E-state index < -0.39 is 5.82 Å². The molecule has 0 heterocycles. The molecule has 2 aromatic rings. The van der Waals surface area contributed by atoms with Crippen molar-refractivity contribution in [2.75, 3.05) is 7.05 Å². The first-order valence-corrected chi connectivity index (χ1v) is 6.74. The van der Waals surface area contributed by atoms with Gasteiger partial charge in [-0.25, -0.2) is 4.39 Å². The Hall–Kier alpha value is -0.800. The van der Waals surface area contributed by atoms with E-state index in [4.69, 9.17) is 34.8 Å². The lowest BCUT2D eigenvalue weighted by atomic mass is 9.98. The first kappa shape index (κ1) is 14.6. The van der Waals surface area contributed by atoms with Crippen LogP contribution >= 0.6 is 34.8 Å². The first-order valence-electron chi connectivity index (χ1n) is 5.60. The fraction of sp³-hybridized carbons (Fsp3) is 0.143. The number of hydrogen-bond donors (Lipinski definition) is 1. The molecule has 0 aliphatic rings. The molecule has 1 N–H and O–H groups in total. The number of benzene rings is 2. The second-order valence-electron chi connectivity index (χ2n) is 4.04. The maximum absolute atomic E-state index is 13.5. The van der Waals surface area contributed by atoms with Crippen molar-refractivity contribution in [2.45, 2.75) is 6.04 Å². The monoisotopic (exact) mass is 317 g/mol. The fourth-order valence-corrected chi connectivity index (χ4v) is 2.48. The lowest BCUT2D eigenvalue weighted by Crippen LogP contribution is -2.18. The maximum Gasteiger partial charge on any atom is 0.142 e. The molecule has 0 aliphatic carbocycles. The lowest BCUT2D eigenvalue weighted by Gasteiger charge is -2.19. The van der Waals surface area contributed by atoms with E-state index in [0.717, 1.165) is 5.56 Å². The van der Waals surface area contributed by atoms with Crippen LogP contribution in [0.3, 0.4) is 0 Å². The third-order valence-corrected chi connectivity index (χ3v) is 4.00. The van der Waals surface area contributed by atoms with Gasteiger partial charge in [0.1, 0.15) is 5.82 Å². The number of halogens is 4. The minimum absolute atomic E-state index is 0.105. The van der Waals surface area contributed by atoms with Crippen molar-refractivity contribution >= 4 is 34.8 Å². The molecular formula is C14H11Cl3FN. The van der Waals surface area contributed by atoms with Crippen molar-refractivity contribution in [2.24, 2.45) is 0 Å². The SMILES string of the molecule is CNC(c1ccc(Cl)c(Cl)c1)c1cccc(F)c1Cl. The smallest absolute Gasteiger partial charge is 0.142 e. The van der Waals surface area contributed by atoms with Gasteiger partial charge in [-0.1, -0.05) is 53.0 Å². The zero-order chi connectivity index (χ0) is 14.0. The van der Waals surface area contributed by atoms with Crippen LogP contribution in [-0.4, -0.2) is 7.05 Å². The Bertz CT molecular complexity index is 601. The van der Waals surface area contributed by atoms with Crippen molar-refractivity contribution in [3.05, 3.63) is 68.4 Å². The molecule has 0 radical (unpaired) electrons. The average Bonchev–Trinajstić information content (AvgIpc) is 2.39. The normalized spacial score (nSPS) is 12.5. The topological polar surface area (TPSA) is 12.0 Å². The fourth-order valence-electron chi connectivity index (χ4n) is 1.94. The van der Waals surface area contributed by atoms with E-state index >= 15 is 0 Å². The summed E-state index contributed by atoms with van der Waals surface area (Å²) in [6, 6.07) is 9.75. The zero-order valence-corrected chi connectivity index (χ0v) is 12.3.